The van der Waals surface area contributed by atoms with Crippen LogP contribution < -0.4 is 10.7 Å². The van der Waals surface area contributed by atoms with E-state index >= 15 is 0 Å². The number of aromatic nitrogens is 2. The first-order valence-corrected chi connectivity index (χ1v) is 19.1. The van der Waals surface area contributed by atoms with Crippen molar-refractivity contribution in [2.75, 3.05) is 0 Å². The smallest absolute Gasteiger partial charge is 0.241 e. The van der Waals surface area contributed by atoms with E-state index in [1.165, 1.54) is 72.8 Å². The van der Waals surface area contributed by atoms with Gasteiger partial charge in [-0.15, -0.1) is 4.95 Å². The van der Waals surface area contributed by atoms with Gasteiger partial charge in [0.25, 0.3) is 0 Å². The van der Waals surface area contributed by atoms with Crippen LogP contribution in [0.2, 0.25) is 0 Å². The second-order valence-corrected chi connectivity index (χ2v) is 14.9. The molecular formula is C48H20F12N6. The topological polar surface area (TPSA) is 78.6 Å². The van der Waals surface area contributed by atoms with Gasteiger partial charge in [-0.25, -0.2) is 9.97 Å². The summed E-state index contributed by atoms with van der Waals surface area (Å²) in [7, 11) is 0. The summed E-state index contributed by atoms with van der Waals surface area (Å²) in [6.45, 7) is 7.69. The molecule has 0 spiro atoms. The van der Waals surface area contributed by atoms with Crippen molar-refractivity contribution in [2.24, 2.45) is 10.1 Å². The highest BCUT2D eigenvalue weighted by Gasteiger charge is 2.33. The number of nitrogens with zero attached hydrogens (tertiary/aromatic N) is 6. The molecule has 0 amide bonds. The van der Waals surface area contributed by atoms with Crippen molar-refractivity contribution in [3.63, 3.8) is 0 Å². The van der Waals surface area contributed by atoms with Gasteiger partial charge < -0.3 is 0 Å². The molecule has 0 atom stereocenters. The molecule has 8 aromatic carbocycles. The van der Waals surface area contributed by atoms with Gasteiger partial charge in [-0.1, -0.05) is 48.5 Å². The van der Waals surface area contributed by atoms with Crippen molar-refractivity contribution < 1.29 is 52.7 Å². The fraction of sp³-hybridized carbons (Fsp3) is 0.0833. The number of rotatable bonds is 4. The summed E-state index contributed by atoms with van der Waals surface area (Å²) in [6, 6.07) is 22.2. The lowest BCUT2D eigenvalue weighted by molar-refractivity contribution is -0.138. The SMILES string of the molecule is [C-]#[N+]/N=c1\c2cc(-c3ccc(C(F)(F)F)cc3)c(-c3ccc(C(F)(F)F)cc3)cc2c2nc3c(=NC#N)c4cc(-c5ccc(C(F)(F)F)cc5)c(-c5ccc(C(F)(F)F)cc5)cc4c3nc12. The van der Waals surface area contributed by atoms with Crippen LogP contribution >= 0.6 is 0 Å². The lowest BCUT2D eigenvalue weighted by atomic mass is 9.91. The Bertz CT molecular complexity index is 3380. The van der Waals surface area contributed by atoms with Gasteiger partial charge in [0.05, 0.1) is 38.4 Å². The Balaban J connectivity index is 1.36. The van der Waals surface area contributed by atoms with Crippen molar-refractivity contribution in [1.82, 2.24) is 9.97 Å². The first kappa shape index (κ1) is 43.1. The molecule has 0 unspecified atom stereocenters. The Morgan fingerprint density at radius 2 is 0.682 bits per heavy atom. The lowest BCUT2D eigenvalue weighted by Gasteiger charge is -2.14. The van der Waals surface area contributed by atoms with Crippen LogP contribution in [0.3, 0.4) is 0 Å². The van der Waals surface area contributed by atoms with Crippen molar-refractivity contribution in [3.05, 3.63) is 166 Å². The average molecular weight is 909 g/mol. The number of benzene rings is 6. The first-order valence-electron chi connectivity index (χ1n) is 19.1. The lowest BCUT2D eigenvalue weighted by Crippen LogP contribution is -2.04. The molecule has 326 valence electrons. The van der Waals surface area contributed by atoms with Crippen molar-refractivity contribution in [3.8, 4) is 50.7 Å². The molecule has 0 aliphatic rings. The third kappa shape index (κ3) is 7.49. The van der Waals surface area contributed by atoms with E-state index in [1.807, 2.05) is 0 Å². The van der Waals surface area contributed by atoms with Crippen molar-refractivity contribution >= 4 is 43.6 Å². The molecule has 0 aliphatic carbocycles. The molecule has 18 heteroatoms. The molecular weight excluding hydrogens is 889 g/mol. The van der Waals surface area contributed by atoms with Crippen LogP contribution in [0.5, 0.6) is 0 Å². The highest BCUT2D eigenvalue weighted by atomic mass is 19.4. The predicted molar refractivity (Wildman–Crippen MR) is 220 cm³/mol. The summed E-state index contributed by atoms with van der Waals surface area (Å²) >= 11 is 0. The minimum atomic E-state index is -4.69. The van der Waals surface area contributed by atoms with E-state index in [4.69, 9.17) is 16.5 Å². The molecule has 0 radical (unpaired) electrons. The van der Waals surface area contributed by atoms with Crippen LogP contribution in [0, 0.1) is 18.0 Å². The fourth-order valence-corrected chi connectivity index (χ4v) is 8.00. The Labute approximate surface area is 362 Å². The van der Waals surface area contributed by atoms with E-state index in [0.717, 1.165) is 48.5 Å². The second kappa shape index (κ2) is 15.3. The van der Waals surface area contributed by atoms with Gasteiger partial charge in [-0.2, -0.15) is 69.5 Å². The highest BCUT2D eigenvalue weighted by Crippen LogP contribution is 2.43. The van der Waals surface area contributed by atoms with E-state index in [9.17, 15) is 57.9 Å². The van der Waals surface area contributed by atoms with Crippen molar-refractivity contribution in [1.29, 1.82) is 5.26 Å². The summed E-state index contributed by atoms with van der Waals surface area (Å²) in [5.41, 5.74) is -1.84. The molecule has 0 saturated carbocycles. The molecule has 6 nitrogen and oxygen atoms in total. The summed E-state index contributed by atoms with van der Waals surface area (Å²) in [6.07, 6.45) is -17.0. The molecule has 0 aliphatic heterocycles. The van der Waals surface area contributed by atoms with E-state index in [0.29, 0.717) is 0 Å². The standard InChI is InChI=1S/C48H20F12N6/c1-62-66-42-38-21-34(26-8-16-30(17-9-26)48(58,59)60)33(25-6-14-29(15-7-25)47(55,56)57)20-37(38)41-44(42)65-40-36-19-32(24-4-12-28(13-5-24)46(52,53)54)31(18-35(36)39(63-22-61)43(40)64-41)23-2-10-27(11-3-23)45(49,50)51/h2-21H/b63-39?,66-42+. The zero-order valence-electron chi connectivity index (χ0n) is 32.8. The normalized spacial score (nSPS) is 13.3. The summed E-state index contributed by atoms with van der Waals surface area (Å²) < 4.78 is 163. The molecule has 0 saturated heterocycles. The van der Waals surface area contributed by atoms with Crippen LogP contribution in [0.25, 0.3) is 93.1 Å². The maximum Gasteiger partial charge on any atom is 0.416 e. The monoisotopic (exact) mass is 908 g/mol. The number of hydrogen-bond acceptors (Lipinski definition) is 5. The Morgan fingerprint density at radius 3 is 0.955 bits per heavy atom. The third-order valence-corrected chi connectivity index (χ3v) is 11.1. The largest absolute Gasteiger partial charge is 0.416 e. The number of hydrogen-bond donors (Lipinski definition) is 0. The number of alkyl halides is 12. The fourth-order valence-electron chi connectivity index (χ4n) is 8.00. The zero-order valence-corrected chi connectivity index (χ0v) is 32.8. The molecule has 0 fully saturated rings. The molecule has 1 aromatic heterocycles. The molecule has 9 rings (SSSR count). The van der Waals surface area contributed by atoms with Crippen LogP contribution in [0.4, 0.5) is 52.7 Å². The van der Waals surface area contributed by atoms with Gasteiger partial charge in [-0.3, -0.25) is 0 Å². The minimum absolute atomic E-state index is 0.00569. The van der Waals surface area contributed by atoms with Gasteiger partial charge >= 0.3 is 24.7 Å². The van der Waals surface area contributed by atoms with Gasteiger partial charge in [0.2, 0.25) is 6.19 Å². The van der Waals surface area contributed by atoms with E-state index in [2.05, 4.69) is 15.0 Å². The van der Waals surface area contributed by atoms with Crippen molar-refractivity contribution in [2.45, 2.75) is 24.7 Å². The molecule has 0 N–H and O–H groups in total. The van der Waals surface area contributed by atoms with Gasteiger partial charge in [0.1, 0.15) is 16.4 Å². The zero-order chi connectivity index (χ0) is 47.1. The summed E-state index contributed by atoms with van der Waals surface area (Å²) in [5.74, 6) is 0. The number of fused-ring (bicyclic) bond motifs is 6. The summed E-state index contributed by atoms with van der Waals surface area (Å²) in [5, 5.41) is 14.8. The Kier molecular flexibility index (Phi) is 9.98. The number of halogens is 12. The predicted octanol–water partition coefficient (Wildman–Crippen LogP) is 13.8. The van der Waals surface area contributed by atoms with Gasteiger partial charge in [-0.05, 0) is 117 Å². The maximum atomic E-state index is 13.6. The third-order valence-electron chi connectivity index (χ3n) is 11.1. The molecule has 0 bridgehead atoms. The Hall–Kier alpha value is -8.12. The van der Waals surface area contributed by atoms with E-state index in [-0.39, 0.29) is 98.8 Å². The first-order chi connectivity index (χ1) is 31.1. The van der Waals surface area contributed by atoms with Crippen LogP contribution in [0.15, 0.2) is 131 Å². The van der Waals surface area contributed by atoms with Crippen LogP contribution in [-0.4, -0.2) is 9.97 Å². The van der Waals surface area contributed by atoms with Gasteiger partial charge in [0.15, 0.2) is 5.36 Å². The second-order valence-electron chi connectivity index (χ2n) is 14.9. The quantitative estimate of drug-likeness (QED) is 0.0764. The van der Waals surface area contributed by atoms with E-state index in [1.54, 1.807) is 6.19 Å². The maximum absolute atomic E-state index is 13.6. The van der Waals surface area contributed by atoms with Gasteiger partial charge in [0, 0.05) is 21.5 Å². The molecule has 66 heavy (non-hydrogen) atoms. The highest BCUT2D eigenvalue weighted by molar-refractivity contribution is 6.17. The molecule has 1 heterocycles. The number of nitriles is 1. The Morgan fingerprint density at radius 1 is 0.409 bits per heavy atom. The van der Waals surface area contributed by atoms with Crippen LogP contribution in [0.1, 0.15) is 22.3 Å². The minimum Gasteiger partial charge on any atom is -0.241 e. The average Bonchev–Trinajstić information content (AvgIpc) is 3.73. The van der Waals surface area contributed by atoms with Crippen LogP contribution in [-0.2, 0) is 24.7 Å². The molecule has 9 aromatic rings. The van der Waals surface area contributed by atoms with E-state index < -0.39 is 47.0 Å². The summed E-state index contributed by atoms with van der Waals surface area (Å²) in [4.78, 5) is 17.0.